The zero-order valence-electron chi connectivity index (χ0n) is 17.3. The molecule has 1 aromatic carbocycles. The number of rotatable bonds is 4. The van der Waals surface area contributed by atoms with E-state index in [1.807, 2.05) is 17.5 Å². The minimum atomic E-state index is -2.91. The standard InChI is InChI=1S/C21H26F2N6O/c1-10-5-6-13(21(4,30)20(22)23)7-14(10)16-8-25-19-18(24)26-15(9-29(16)19)17-11(2)27-28-12(17)3/h5-9,11-12,17,20,27-28,30H,1-4H3,(H2,24,26). The Balaban J connectivity index is 1.88. The molecule has 1 fully saturated rings. The number of nitrogens with zero attached hydrogens (tertiary/aromatic N) is 3. The molecule has 2 aromatic heterocycles. The van der Waals surface area contributed by atoms with Crippen LogP contribution < -0.4 is 16.6 Å². The van der Waals surface area contributed by atoms with Crippen molar-refractivity contribution in [1.82, 2.24) is 25.2 Å². The maximum Gasteiger partial charge on any atom is 0.270 e. The molecule has 0 saturated carbocycles. The van der Waals surface area contributed by atoms with Gasteiger partial charge >= 0.3 is 0 Å². The molecule has 5 N–H and O–H groups in total. The number of imidazole rings is 1. The van der Waals surface area contributed by atoms with Crippen molar-refractivity contribution in [3.63, 3.8) is 0 Å². The molecule has 1 aliphatic heterocycles. The average Bonchev–Trinajstić information content (AvgIpc) is 3.25. The third kappa shape index (κ3) is 3.23. The summed E-state index contributed by atoms with van der Waals surface area (Å²) in [4.78, 5) is 8.97. The van der Waals surface area contributed by atoms with Crippen molar-refractivity contribution in [3.05, 3.63) is 47.4 Å². The van der Waals surface area contributed by atoms with Gasteiger partial charge in [0.2, 0.25) is 0 Å². The lowest BCUT2D eigenvalue weighted by molar-refractivity contribution is -0.0883. The van der Waals surface area contributed by atoms with Gasteiger partial charge in [-0.3, -0.25) is 15.3 Å². The molecule has 0 radical (unpaired) electrons. The van der Waals surface area contributed by atoms with E-state index < -0.39 is 12.0 Å². The van der Waals surface area contributed by atoms with Crippen LogP contribution in [0.4, 0.5) is 14.6 Å². The molecule has 0 spiro atoms. The van der Waals surface area contributed by atoms with Crippen LogP contribution in [0.15, 0.2) is 30.6 Å². The van der Waals surface area contributed by atoms with Crippen molar-refractivity contribution in [3.8, 4) is 11.3 Å². The minimum absolute atomic E-state index is 0.0962. The van der Waals surface area contributed by atoms with Crippen molar-refractivity contribution in [2.24, 2.45) is 0 Å². The molecular formula is C21H26F2N6O. The predicted octanol–water partition coefficient (Wildman–Crippen LogP) is 2.73. The number of fused-ring (bicyclic) bond motifs is 1. The number of hydrazine groups is 1. The number of nitrogens with one attached hydrogen (secondary N) is 2. The van der Waals surface area contributed by atoms with Gasteiger partial charge in [0.25, 0.3) is 6.43 Å². The number of hydrogen-bond acceptors (Lipinski definition) is 6. The van der Waals surface area contributed by atoms with Crippen molar-refractivity contribution in [1.29, 1.82) is 0 Å². The first kappa shape index (κ1) is 20.6. The molecule has 160 valence electrons. The van der Waals surface area contributed by atoms with Gasteiger partial charge in [-0.1, -0.05) is 12.1 Å². The number of nitrogens with two attached hydrogens (primary N) is 1. The second-order valence-corrected chi connectivity index (χ2v) is 8.26. The van der Waals surface area contributed by atoms with Gasteiger partial charge in [-0.25, -0.2) is 18.7 Å². The van der Waals surface area contributed by atoms with Gasteiger partial charge in [-0.15, -0.1) is 0 Å². The predicted molar refractivity (Wildman–Crippen MR) is 111 cm³/mol. The maximum atomic E-state index is 13.4. The summed E-state index contributed by atoms with van der Waals surface area (Å²) in [7, 11) is 0. The molecule has 1 aliphatic rings. The lowest BCUT2D eigenvalue weighted by Gasteiger charge is -2.24. The highest BCUT2D eigenvalue weighted by atomic mass is 19.3. The molecule has 7 nitrogen and oxygen atoms in total. The first-order chi connectivity index (χ1) is 14.1. The Morgan fingerprint density at radius 2 is 1.90 bits per heavy atom. The minimum Gasteiger partial charge on any atom is -0.381 e. The van der Waals surface area contributed by atoms with Crippen LogP contribution in [-0.4, -0.2) is 38.0 Å². The zero-order chi connectivity index (χ0) is 21.8. The Bertz CT molecular complexity index is 1090. The largest absolute Gasteiger partial charge is 0.381 e. The van der Waals surface area contributed by atoms with Crippen LogP contribution in [-0.2, 0) is 5.60 Å². The highest BCUT2D eigenvalue weighted by Crippen LogP contribution is 2.34. The SMILES string of the molecule is Cc1ccc(C(C)(O)C(F)F)cc1-c1cnc2c(N)nc(C3C(C)NNC3C)cn12. The summed E-state index contributed by atoms with van der Waals surface area (Å²) in [6.45, 7) is 7.13. The van der Waals surface area contributed by atoms with Crippen LogP contribution in [0.1, 0.15) is 43.5 Å². The van der Waals surface area contributed by atoms with E-state index in [0.717, 1.165) is 18.2 Å². The van der Waals surface area contributed by atoms with Gasteiger partial charge in [-0.2, -0.15) is 0 Å². The quantitative estimate of drug-likeness (QED) is 0.522. The van der Waals surface area contributed by atoms with Gasteiger partial charge in [0.1, 0.15) is 5.60 Å². The Morgan fingerprint density at radius 1 is 1.23 bits per heavy atom. The van der Waals surface area contributed by atoms with E-state index in [1.54, 1.807) is 18.3 Å². The van der Waals surface area contributed by atoms with E-state index in [0.29, 0.717) is 22.7 Å². The highest BCUT2D eigenvalue weighted by Gasteiger charge is 2.35. The summed E-state index contributed by atoms with van der Waals surface area (Å²) in [5.74, 6) is 0.400. The summed E-state index contributed by atoms with van der Waals surface area (Å²) in [5.41, 5.74) is 14.1. The van der Waals surface area contributed by atoms with Crippen LogP contribution in [0.5, 0.6) is 0 Å². The average molecular weight is 416 g/mol. The van der Waals surface area contributed by atoms with E-state index in [9.17, 15) is 13.9 Å². The molecule has 0 aliphatic carbocycles. The molecule has 4 rings (SSSR count). The second-order valence-electron chi connectivity index (χ2n) is 8.26. The van der Waals surface area contributed by atoms with Crippen molar-refractivity contribution in [2.45, 2.75) is 57.7 Å². The van der Waals surface area contributed by atoms with Crippen LogP contribution in [0, 0.1) is 6.92 Å². The molecule has 3 aromatic rings. The van der Waals surface area contributed by atoms with Gasteiger partial charge in [-0.05, 0) is 44.9 Å². The third-order valence-corrected chi connectivity index (χ3v) is 6.02. The number of hydrogen-bond donors (Lipinski definition) is 4. The van der Waals surface area contributed by atoms with Gasteiger partial charge in [0.05, 0.1) is 17.6 Å². The van der Waals surface area contributed by atoms with Crippen LogP contribution >= 0.6 is 0 Å². The fourth-order valence-corrected chi connectivity index (χ4v) is 4.12. The van der Waals surface area contributed by atoms with Crippen molar-refractivity contribution >= 4 is 11.5 Å². The fourth-order valence-electron chi connectivity index (χ4n) is 4.12. The number of nitrogen functional groups attached to an aromatic ring is 1. The first-order valence-corrected chi connectivity index (χ1v) is 9.87. The topological polar surface area (TPSA) is 100 Å². The van der Waals surface area contributed by atoms with Gasteiger partial charge in [0.15, 0.2) is 11.5 Å². The summed E-state index contributed by atoms with van der Waals surface area (Å²) >= 11 is 0. The lowest BCUT2D eigenvalue weighted by atomic mass is 9.92. The Morgan fingerprint density at radius 3 is 2.53 bits per heavy atom. The number of aliphatic hydroxyl groups is 1. The smallest absolute Gasteiger partial charge is 0.270 e. The van der Waals surface area contributed by atoms with Crippen LogP contribution in [0.2, 0.25) is 0 Å². The number of alkyl halides is 2. The molecule has 0 bridgehead atoms. The van der Waals surface area contributed by atoms with E-state index in [1.165, 1.54) is 6.07 Å². The third-order valence-electron chi connectivity index (χ3n) is 6.02. The monoisotopic (exact) mass is 416 g/mol. The van der Waals surface area contributed by atoms with Crippen LogP contribution in [0.3, 0.4) is 0 Å². The normalized spacial score (nSPS) is 23.9. The molecule has 9 heteroatoms. The molecule has 3 heterocycles. The fraction of sp³-hybridized carbons (Fsp3) is 0.429. The summed E-state index contributed by atoms with van der Waals surface area (Å²) < 4.78 is 28.6. The molecule has 3 atom stereocenters. The first-order valence-electron chi connectivity index (χ1n) is 9.87. The molecule has 1 saturated heterocycles. The summed E-state index contributed by atoms with van der Waals surface area (Å²) in [5, 5.41) is 10.3. The second kappa shape index (κ2) is 7.26. The highest BCUT2D eigenvalue weighted by molar-refractivity contribution is 5.72. The Hall–Kier alpha value is -2.62. The summed E-state index contributed by atoms with van der Waals surface area (Å²) in [6, 6.07) is 5.14. The van der Waals surface area contributed by atoms with E-state index in [-0.39, 0.29) is 23.6 Å². The van der Waals surface area contributed by atoms with Gasteiger partial charge in [0, 0.05) is 29.8 Å². The number of benzene rings is 1. The lowest BCUT2D eigenvalue weighted by Crippen LogP contribution is -2.30. The van der Waals surface area contributed by atoms with E-state index in [2.05, 4.69) is 34.7 Å². The van der Waals surface area contributed by atoms with Crippen LogP contribution in [0.25, 0.3) is 16.9 Å². The van der Waals surface area contributed by atoms with Crippen molar-refractivity contribution in [2.75, 3.05) is 5.73 Å². The maximum absolute atomic E-state index is 13.4. The van der Waals surface area contributed by atoms with Gasteiger partial charge < -0.3 is 10.8 Å². The zero-order valence-corrected chi connectivity index (χ0v) is 17.3. The molecular weight excluding hydrogens is 390 g/mol. The molecule has 3 unspecified atom stereocenters. The number of halogens is 2. The Labute approximate surface area is 173 Å². The molecule has 30 heavy (non-hydrogen) atoms. The number of anilines is 1. The van der Waals surface area contributed by atoms with E-state index in [4.69, 9.17) is 5.73 Å². The van der Waals surface area contributed by atoms with Crippen molar-refractivity contribution < 1.29 is 13.9 Å². The van der Waals surface area contributed by atoms with E-state index >= 15 is 0 Å². The number of aryl methyl sites for hydroxylation is 1. The number of aromatic nitrogens is 3. The Kier molecular flexibility index (Phi) is 5.00. The summed E-state index contributed by atoms with van der Waals surface area (Å²) in [6.07, 6.45) is 0.642. The molecule has 0 amide bonds.